The molecule has 0 spiro atoms. The molecular weight excluding hydrogens is 298 g/mol. The minimum atomic E-state index is -0.413. The summed E-state index contributed by atoms with van der Waals surface area (Å²) in [5, 5.41) is 3.49. The van der Waals surface area contributed by atoms with Crippen LogP contribution in [-0.2, 0) is 6.42 Å². The average Bonchev–Trinajstić information content (AvgIpc) is 2.79. The largest absolute Gasteiger partial charge is 0.308 e. The number of anilines is 2. The van der Waals surface area contributed by atoms with Crippen LogP contribution in [-0.4, -0.2) is 15.9 Å². The number of rotatable bonds is 4. The van der Waals surface area contributed by atoms with Crippen LogP contribution in [0.25, 0.3) is 0 Å². The molecule has 0 atom stereocenters. The lowest BCUT2D eigenvalue weighted by molar-refractivity contribution is 0.102. The van der Waals surface area contributed by atoms with Crippen molar-refractivity contribution >= 4 is 39.8 Å². The minimum absolute atomic E-state index is 0.105. The van der Waals surface area contributed by atoms with Crippen molar-refractivity contribution in [2.75, 3.05) is 10.7 Å². The molecule has 0 aliphatic carbocycles. The van der Waals surface area contributed by atoms with Crippen LogP contribution in [0.5, 0.6) is 0 Å². The predicted octanol–water partition coefficient (Wildman–Crippen LogP) is 2.60. The fourth-order valence-electron chi connectivity index (χ4n) is 1.65. The van der Waals surface area contributed by atoms with Gasteiger partial charge in [-0.2, -0.15) is 0 Å². The number of nitrogens with one attached hydrogen (secondary N) is 2. The number of carbonyl (C=O) groups is 1. The molecule has 20 heavy (non-hydrogen) atoms. The van der Waals surface area contributed by atoms with Crippen molar-refractivity contribution in [2.45, 2.75) is 20.3 Å². The van der Waals surface area contributed by atoms with Crippen molar-refractivity contribution < 1.29 is 4.79 Å². The maximum atomic E-state index is 12.2. The molecule has 4 N–H and O–H groups in total. The van der Waals surface area contributed by atoms with Crippen LogP contribution in [0.3, 0.4) is 0 Å². The highest BCUT2D eigenvalue weighted by Crippen LogP contribution is 2.24. The Balaban J connectivity index is 2.23. The SMILES string of the molecule is CCc1nc(NC(=O)c2nc(NN)ccc2Cl)sc1C. The maximum Gasteiger partial charge on any atom is 0.277 e. The van der Waals surface area contributed by atoms with Gasteiger partial charge < -0.3 is 5.43 Å². The molecule has 106 valence electrons. The van der Waals surface area contributed by atoms with Crippen LogP contribution in [0.2, 0.25) is 5.02 Å². The highest BCUT2D eigenvalue weighted by molar-refractivity contribution is 7.15. The molecule has 0 fully saturated rings. The summed E-state index contributed by atoms with van der Waals surface area (Å²) in [4.78, 5) is 21.6. The van der Waals surface area contributed by atoms with E-state index >= 15 is 0 Å². The van der Waals surface area contributed by atoms with Crippen molar-refractivity contribution in [2.24, 2.45) is 5.84 Å². The van der Waals surface area contributed by atoms with Gasteiger partial charge in [0.05, 0.1) is 10.7 Å². The third kappa shape index (κ3) is 3.06. The maximum absolute atomic E-state index is 12.2. The van der Waals surface area contributed by atoms with Gasteiger partial charge in [0.1, 0.15) is 11.5 Å². The Kier molecular flexibility index (Phi) is 4.53. The number of nitrogens with zero attached hydrogens (tertiary/aromatic N) is 2. The number of thiazole rings is 1. The molecule has 1 amide bonds. The standard InChI is InChI=1S/C12H14ClN5OS/c1-3-8-6(2)20-12(15-8)17-11(19)10-7(13)4-5-9(16-10)18-14/h4-5H,3,14H2,1-2H3,(H,16,18)(H,15,17,19). The van der Waals surface area contributed by atoms with Crippen molar-refractivity contribution in [1.82, 2.24) is 9.97 Å². The van der Waals surface area contributed by atoms with E-state index in [4.69, 9.17) is 17.4 Å². The molecule has 8 heteroatoms. The quantitative estimate of drug-likeness (QED) is 0.596. The second-order valence-corrected chi connectivity index (χ2v) is 5.61. The van der Waals surface area contributed by atoms with Crippen molar-refractivity contribution in [1.29, 1.82) is 0 Å². The monoisotopic (exact) mass is 311 g/mol. The first-order valence-electron chi connectivity index (χ1n) is 5.96. The van der Waals surface area contributed by atoms with E-state index < -0.39 is 5.91 Å². The van der Waals surface area contributed by atoms with Crippen molar-refractivity contribution in [3.05, 3.63) is 33.4 Å². The molecule has 2 aromatic heterocycles. The summed E-state index contributed by atoms with van der Waals surface area (Å²) in [6, 6.07) is 3.14. The number of nitrogen functional groups attached to an aromatic ring is 1. The van der Waals surface area contributed by atoms with Gasteiger partial charge in [-0.3, -0.25) is 10.1 Å². The highest BCUT2D eigenvalue weighted by atomic mass is 35.5. The summed E-state index contributed by atoms with van der Waals surface area (Å²) in [6.07, 6.45) is 0.823. The molecule has 0 saturated heterocycles. The third-order valence-corrected chi connectivity index (χ3v) is 3.89. The van der Waals surface area contributed by atoms with E-state index in [0.29, 0.717) is 10.9 Å². The molecule has 2 rings (SSSR count). The third-order valence-electron chi connectivity index (χ3n) is 2.66. The Morgan fingerprint density at radius 3 is 2.80 bits per heavy atom. The first-order valence-corrected chi connectivity index (χ1v) is 7.15. The van der Waals surface area contributed by atoms with Gasteiger partial charge in [0.25, 0.3) is 5.91 Å². The lowest BCUT2D eigenvalue weighted by Crippen LogP contribution is -2.16. The van der Waals surface area contributed by atoms with E-state index in [1.807, 2.05) is 13.8 Å². The normalized spacial score (nSPS) is 10.4. The summed E-state index contributed by atoms with van der Waals surface area (Å²) in [7, 11) is 0. The van der Waals surface area contributed by atoms with E-state index in [1.165, 1.54) is 11.3 Å². The Morgan fingerprint density at radius 1 is 1.45 bits per heavy atom. The van der Waals surface area contributed by atoms with E-state index in [0.717, 1.165) is 17.0 Å². The minimum Gasteiger partial charge on any atom is -0.308 e. The van der Waals surface area contributed by atoms with E-state index in [2.05, 4.69) is 20.7 Å². The topological polar surface area (TPSA) is 92.9 Å². The number of aryl methyl sites for hydroxylation is 2. The molecule has 0 aromatic carbocycles. The summed E-state index contributed by atoms with van der Waals surface area (Å²) in [5.74, 6) is 5.22. The Bertz CT molecular complexity index is 643. The molecule has 6 nitrogen and oxygen atoms in total. The van der Waals surface area contributed by atoms with Gasteiger partial charge in [0.15, 0.2) is 5.13 Å². The van der Waals surface area contributed by atoms with Gasteiger partial charge in [0.2, 0.25) is 0 Å². The zero-order valence-electron chi connectivity index (χ0n) is 11.0. The molecule has 0 aliphatic heterocycles. The van der Waals surface area contributed by atoms with Gasteiger partial charge in [-0.15, -0.1) is 11.3 Å². The van der Waals surface area contributed by atoms with E-state index in [1.54, 1.807) is 12.1 Å². The van der Waals surface area contributed by atoms with E-state index in [9.17, 15) is 4.79 Å². The van der Waals surface area contributed by atoms with Crippen LogP contribution in [0.1, 0.15) is 28.0 Å². The smallest absolute Gasteiger partial charge is 0.277 e. The second kappa shape index (κ2) is 6.17. The molecular formula is C12H14ClN5OS. The zero-order valence-corrected chi connectivity index (χ0v) is 12.6. The molecule has 0 unspecified atom stereocenters. The van der Waals surface area contributed by atoms with Gasteiger partial charge in [-0.1, -0.05) is 18.5 Å². The number of hydrazine groups is 1. The average molecular weight is 312 g/mol. The van der Waals surface area contributed by atoms with Crippen LogP contribution in [0.15, 0.2) is 12.1 Å². The zero-order chi connectivity index (χ0) is 14.7. The Morgan fingerprint density at radius 2 is 2.20 bits per heavy atom. The number of hydrogen-bond acceptors (Lipinski definition) is 6. The van der Waals surface area contributed by atoms with Crippen molar-refractivity contribution in [3.63, 3.8) is 0 Å². The molecule has 2 aromatic rings. The number of halogens is 1. The molecule has 0 saturated carbocycles. The summed E-state index contributed by atoms with van der Waals surface area (Å²) in [6.45, 7) is 3.98. The highest BCUT2D eigenvalue weighted by Gasteiger charge is 2.16. The molecule has 0 radical (unpaired) electrons. The fourth-order valence-corrected chi connectivity index (χ4v) is 2.74. The fraction of sp³-hybridized carbons (Fsp3) is 0.250. The van der Waals surface area contributed by atoms with Crippen LogP contribution < -0.4 is 16.6 Å². The molecule has 2 heterocycles. The number of hydrogen-bond donors (Lipinski definition) is 3. The number of carbonyl (C=O) groups excluding carboxylic acids is 1. The number of pyridine rings is 1. The predicted molar refractivity (Wildman–Crippen MR) is 81.2 cm³/mol. The van der Waals surface area contributed by atoms with Crippen LogP contribution in [0.4, 0.5) is 10.9 Å². The van der Waals surface area contributed by atoms with Gasteiger partial charge in [-0.25, -0.2) is 15.8 Å². The lowest BCUT2D eigenvalue weighted by atomic mass is 10.3. The van der Waals surface area contributed by atoms with Crippen LogP contribution >= 0.6 is 22.9 Å². The van der Waals surface area contributed by atoms with Crippen LogP contribution in [0, 0.1) is 6.92 Å². The first kappa shape index (κ1) is 14.7. The number of nitrogens with two attached hydrogens (primary N) is 1. The summed E-state index contributed by atoms with van der Waals surface area (Å²) >= 11 is 7.39. The second-order valence-electron chi connectivity index (χ2n) is 4.00. The molecule has 0 bridgehead atoms. The van der Waals surface area contributed by atoms with E-state index in [-0.39, 0.29) is 10.7 Å². The summed E-state index contributed by atoms with van der Waals surface area (Å²) in [5.41, 5.74) is 3.45. The Labute approximate surface area is 125 Å². The summed E-state index contributed by atoms with van der Waals surface area (Å²) < 4.78 is 0. The first-order chi connectivity index (χ1) is 9.55. The number of aromatic nitrogens is 2. The lowest BCUT2D eigenvalue weighted by Gasteiger charge is -2.05. The number of amides is 1. The van der Waals surface area contributed by atoms with Gasteiger partial charge in [0, 0.05) is 4.88 Å². The molecule has 0 aliphatic rings. The van der Waals surface area contributed by atoms with Gasteiger partial charge in [-0.05, 0) is 25.5 Å². The Hall–Kier alpha value is -1.70. The van der Waals surface area contributed by atoms with Gasteiger partial charge >= 0.3 is 0 Å². The van der Waals surface area contributed by atoms with Crippen molar-refractivity contribution in [3.8, 4) is 0 Å².